The maximum Gasteiger partial charge on any atom is 0.262 e. The van der Waals surface area contributed by atoms with E-state index in [0.29, 0.717) is 12.7 Å². The lowest BCUT2D eigenvalue weighted by molar-refractivity contribution is -0.132. The summed E-state index contributed by atoms with van der Waals surface area (Å²) in [7, 11) is 0. The van der Waals surface area contributed by atoms with Crippen molar-refractivity contribution >= 4 is 11.7 Å². The van der Waals surface area contributed by atoms with E-state index < -0.39 is 11.4 Å². The van der Waals surface area contributed by atoms with Crippen molar-refractivity contribution in [3.05, 3.63) is 36.1 Å². The van der Waals surface area contributed by atoms with E-state index in [1.54, 1.807) is 13.8 Å². The zero-order valence-electron chi connectivity index (χ0n) is 9.88. The lowest BCUT2D eigenvalue weighted by atomic mass is 9.96. The number of ketones is 1. The number of carbonyl (C=O) groups is 2. The predicted octanol–water partition coefficient (Wildman–Crippen LogP) is 1.50. The van der Waals surface area contributed by atoms with Crippen LogP contribution in [0.5, 0.6) is 0 Å². The molecule has 1 heterocycles. The highest BCUT2D eigenvalue weighted by Crippen LogP contribution is 2.33. The quantitative estimate of drug-likeness (QED) is 0.424. The van der Waals surface area contributed by atoms with E-state index in [2.05, 4.69) is 0 Å². The monoisotopic (exact) mass is 233 g/mol. The van der Waals surface area contributed by atoms with E-state index in [1.807, 2.05) is 24.3 Å². The highest BCUT2D eigenvalue weighted by molar-refractivity contribution is 6.28. The maximum atomic E-state index is 12.1. The third-order valence-corrected chi connectivity index (χ3v) is 3.27. The van der Waals surface area contributed by atoms with Crippen molar-refractivity contribution in [1.82, 2.24) is 4.90 Å². The molecule has 90 valence electrons. The standard InChI is InChI=1S/C13H15NO3/c1-13(2)11(16)10(8-15)12(17)14(13)9-6-4-3-5-7-9/h3-6,8-9,15H,7H2,1-2H3/b10-8+. The van der Waals surface area contributed by atoms with E-state index in [1.165, 1.54) is 4.90 Å². The minimum atomic E-state index is -0.897. The Balaban J connectivity index is 2.40. The van der Waals surface area contributed by atoms with Crippen LogP contribution in [0.25, 0.3) is 0 Å². The number of aliphatic hydroxyl groups is 1. The van der Waals surface area contributed by atoms with Crippen LogP contribution in [0.1, 0.15) is 20.3 Å². The molecule has 0 spiro atoms. The SMILES string of the molecule is CC1(C)C(=O)/C(=C\O)C(=O)N1C1C=CC=CC1. The summed E-state index contributed by atoms with van der Waals surface area (Å²) in [6, 6.07) is -0.121. The molecule has 0 saturated carbocycles. The Morgan fingerprint density at radius 2 is 2.12 bits per heavy atom. The Labute approximate surface area is 99.9 Å². The molecule has 1 saturated heterocycles. The van der Waals surface area contributed by atoms with E-state index >= 15 is 0 Å². The number of hydrogen-bond acceptors (Lipinski definition) is 3. The van der Waals surface area contributed by atoms with Gasteiger partial charge < -0.3 is 10.0 Å². The van der Waals surface area contributed by atoms with Gasteiger partial charge >= 0.3 is 0 Å². The van der Waals surface area contributed by atoms with E-state index in [0.717, 1.165) is 0 Å². The van der Waals surface area contributed by atoms with Crippen LogP contribution in [0.3, 0.4) is 0 Å². The molecule has 17 heavy (non-hydrogen) atoms. The van der Waals surface area contributed by atoms with Gasteiger partial charge in [-0.15, -0.1) is 0 Å². The molecule has 2 rings (SSSR count). The van der Waals surface area contributed by atoms with Gasteiger partial charge in [-0.1, -0.05) is 24.3 Å². The number of amides is 1. The fraction of sp³-hybridized carbons (Fsp3) is 0.385. The van der Waals surface area contributed by atoms with Gasteiger partial charge in [-0.05, 0) is 20.3 Å². The molecule has 1 amide bonds. The van der Waals surface area contributed by atoms with E-state index in [-0.39, 0.29) is 17.4 Å². The lowest BCUT2D eigenvalue weighted by Crippen LogP contribution is -2.49. The van der Waals surface area contributed by atoms with Gasteiger partial charge in [0.05, 0.1) is 12.3 Å². The van der Waals surface area contributed by atoms with Gasteiger partial charge in [0.1, 0.15) is 11.1 Å². The summed E-state index contributed by atoms with van der Waals surface area (Å²) in [5.74, 6) is -0.722. The molecule has 1 atom stereocenters. The largest absolute Gasteiger partial charge is 0.515 e. The molecule has 0 aromatic heterocycles. The fourth-order valence-corrected chi connectivity index (χ4v) is 2.36. The molecular weight excluding hydrogens is 218 g/mol. The Morgan fingerprint density at radius 3 is 2.59 bits per heavy atom. The Kier molecular flexibility index (Phi) is 2.65. The fourth-order valence-electron chi connectivity index (χ4n) is 2.36. The average Bonchev–Trinajstić information content (AvgIpc) is 2.47. The first kappa shape index (κ1) is 11.6. The molecule has 1 aliphatic heterocycles. The lowest BCUT2D eigenvalue weighted by Gasteiger charge is -2.35. The molecule has 1 aliphatic carbocycles. The van der Waals surface area contributed by atoms with Crippen LogP contribution < -0.4 is 0 Å². The van der Waals surface area contributed by atoms with Crippen LogP contribution in [0.4, 0.5) is 0 Å². The molecule has 0 aromatic carbocycles. The van der Waals surface area contributed by atoms with Gasteiger partial charge in [-0.3, -0.25) is 9.59 Å². The summed E-state index contributed by atoms with van der Waals surface area (Å²) in [6.45, 7) is 3.41. The third kappa shape index (κ3) is 1.60. The van der Waals surface area contributed by atoms with E-state index in [4.69, 9.17) is 5.11 Å². The molecule has 4 nitrogen and oxygen atoms in total. The number of Topliss-reactive ketones (excluding diaryl/α,β-unsaturated/α-hetero) is 1. The van der Waals surface area contributed by atoms with Gasteiger partial charge in [0.2, 0.25) is 0 Å². The molecule has 4 heteroatoms. The van der Waals surface area contributed by atoms with Gasteiger partial charge in [-0.2, -0.15) is 0 Å². The Hall–Kier alpha value is -1.84. The normalized spacial score (nSPS) is 29.4. The second-order valence-electron chi connectivity index (χ2n) is 4.72. The topological polar surface area (TPSA) is 57.6 Å². The van der Waals surface area contributed by atoms with Crippen LogP contribution in [-0.4, -0.2) is 33.3 Å². The van der Waals surface area contributed by atoms with Crippen molar-refractivity contribution in [3.63, 3.8) is 0 Å². The number of carbonyl (C=O) groups excluding carboxylic acids is 2. The molecule has 1 unspecified atom stereocenters. The van der Waals surface area contributed by atoms with Crippen LogP contribution in [0.15, 0.2) is 36.1 Å². The molecular formula is C13H15NO3. The zero-order valence-corrected chi connectivity index (χ0v) is 9.88. The second kappa shape index (κ2) is 3.87. The Morgan fingerprint density at radius 1 is 1.41 bits per heavy atom. The minimum Gasteiger partial charge on any atom is -0.515 e. The number of hydrogen-bond donors (Lipinski definition) is 1. The third-order valence-electron chi connectivity index (χ3n) is 3.27. The predicted molar refractivity (Wildman–Crippen MR) is 63.3 cm³/mol. The van der Waals surface area contributed by atoms with Crippen molar-refractivity contribution in [2.24, 2.45) is 0 Å². The van der Waals surface area contributed by atoms with Crippen LogP contribution in [0, 0.1) is 0 Å². The minimum absolute atomic E-state index is 0.121. The zero-order chi connectivity index (χ0) is 12.6. The summed E-state index contributed by atoms with van der Waals surface area (Å²) in [5.41, 5.74) is -1.02. The number of rotatable bonds is 1. The van der Waals surface area contributed by atoms with Crippen LogP contribution >= 0.6 is 0 Å². The van der Waals surface area contributed by atoms with Crippen molar-refractivity contribution < 1.29 is 14.7 Å². The summed E-state index contributed by atoms with van der Waals surface area (Å²) in [4.78, 5) is 25.6. The van der Waals surface area contributed by atoms with Gasteiger partial charge in [0, 0.05) is 0 Å². The molecule has 2 aliphatic rings. The van der Waals surface area contributed by atoms with E-state index in [9.17, 15) is 9.59 Å². The van der Waals surface area contributed by atoms with Gasteiger partial charge in [0.25, 0.3) is 5.91 Å². The average molecular weight is 233 g/mol. The molecule has 0 aromatic rings. The van der Waals surface area contributed by atoms with Crippen molar-refractivity contribution in [2.75, 3.05) is 0 Å². The number of allylic oxidation sites excluding steroid dienone is 2. The first-order valence-corrected chi connectivity index (χ1v) is 5.56. The summed E-state index contributed by atoms with van der Waals surface area (Å²) in [6.07, 6.45) is 8.94. The smallest absolute Gasteiger partial charge is 0.262 e. The highest BCUT2D eigenvalue weighted by Gasteiger charge is 2.51. The molecule has 0 bridgehead atoms. The maximum absolute atomic E-state index is 12.1. The first-order valence-electron chi connectivity index (χ1n) is 5.56. The van der Waals surface area contributed by atoms with Gasteiger partial charge in [0.15, 0.2) is 5.78 Å². The van der Waals surface area contributed by atoms with Crippen LogP contribution in [-0.2, 0) is 9.59 Å². The number of nitrogens with zero attached hydrogens (tertiary/aromatic N) is 1. The summed E-state index contributed by atoms with van der Waals surface area (Å²) < 4.78 is 0. The number of likely N-dealkylation sites (tertiary alicyclic amines) is 1. The molecule has 0 radical (unpaired) electrons. The molecule has 1 N–H and O–H groups in total. The summed E-state index contributed by atoms with van der Waals surface area (Å²) in [5, 5.41) is 8.99. The second-order valence-corrected chi connectivity index (χ2v) is 4.72. The van der Waals surface area contributed by atoms with Crippen molar-refractivity contribution in [1.29, 1.82) is 0 Å². The van der Waals surface area contributed by atoms with Gasteiger partial charge in [-0.25, -0.2) is 0 Å². The van der Waals surface area contributed by atoms with Crippen molar-refractivity contribution in [2.45, 2.75) is 31.8 Å². The first-order chi connectivity index (χ1) is 8.00. The van der Waals surface area contributed by atoms with Crippen LogP contribution in [0.2, 0.25) is 0 Å². The highest BCUT2D eigenvalue weighted by atomic mass is 16.2. The van der Waals surface area contributed by atoms with Crippen molar-refractivity contribution in [3.8, 4) is 0 Å². The number of aliphatic hydroxyl groups excluding tert-OH is 1. The summed E-state index contributed by atoms with van der Waals surface area (Å²) >= 11 is 0. The molecule has 1 fully saturated rings. The Bertz CT molecular complexity index is 457.